The number of nitrogens with one attached hydrogen (secondary N) is 1. The van der Waals surface area contributed by atoms with E-state index in [1.165, 1.54) is 38.5 Å². The first-order valence-corrected chi connectivity index (χ1v) is 12.1. The maximum absolute atomic E-state index is 13.3. The molecule has 6 nitrogen and oxygen atoms in total. The largest absolute Gasteiger partial charge is 0.345 e. The Bertz CT molecular complexity index is 977. The van der Waals surface area contributed by atoms with Gasteiger partial charge in [-0.2, -0.15) is 0 Å². The zero-order valence-corrected chi connectivity index (χ0v) is 18.2. The molecule has 1 N–H and O–H groups in total. The summed E-state index contributed by atoms with van der Waals surface area (Å²) >= 11 is 0. The molecule has 1 saturated heterocycles. The van der Waals surface area contributed by atoms with Gasteiger partial charge in [0, 0.05) is 38.2 Å². The third-order valence-electron chi connectivity index (χ3n) is 8.49. The Kier molecular flexibility index (Phi) is 4.58. The monoisotopic (exact) mass is 420 g/mol. The Hall–Kier alpha value is -2.37. The average Bonchev–Trinajstić information content (AvgIpc) is 3.06. The van der Waals surface area contributed by atoms with Gasteiger partial charge in [-0.15, -0.1) is 0 Å². The Labute approximate surface area is 183 Å². The van der Waals surface area contributed by atoms with E-state index >= 15 is 0 Å². The number of H-pyrrole nitrogens is 1. The fraction of sp³-hybridized carbons (Fsp3) is 0.640. The first-order chi connectivity index (χ1) is 15.1. The highest BCUT2D eigenvalue weighted by Crippen LogP contribution is 2.61. The van der Waals surface area contributed by atoms with Crippen LogP contribution in [0.3, 0.4) is 0 Å². The molecule has 2 amide bonds. The summed E-state index contributed by atoms with van der Waals surface area (Å²) in [6.45, 7) is 2.76. The second-order valence-corrected chi connectivity index (χ2v) is 10.8. The minimum absolute atomic E-state index is 0.0480. The van der Waals surface area contributed by atoms with Crippen molar-refractivity contribution in [2.75, 3.05) is 26.2 Å². The van der Waals surface area contributed by atoms with Gasteiger partial charge in [-0.25, -0.2) is 4.98 Å². The number of carbonyl (C=O) groups is 2. The topological polar surface area (TPSA) is 69.3 Å². The maximum atomic E-state index is 13.3. The molecular weight excluding hydrogens is 388 g/mol. The van der Waals surface area contributed by atoms with Gasteiger partial charge in [0.1, 0.15) is 0 Å². The van der Waals surface area contributed by atoms with Crippen LogP contribution in [0.5, 0.6) is 0 Å². The number of fused-ring (bicyclic) bond motifs is 1. The van der Waals surface area contributed by atoms with Crippen molar-refractivity contribution in [1.29, 1.82) is 0 Å². The quantitative estimate of drug-likeness (QED) is 0.820. The smallest absolute Gasteiger partial charge is 0.253 e. The minimum atomic E-state index is 0.0480. The lowest BCUT2D eigenvalue weighted by Crippen LogP contribution is -2.48. The Morgan fingerprint density at radius 2 is 1.65 bits per heavy atom. The van der Waals surface area contributed by atoms with Crippen LogP contribution in [0.15, 0.2) is 24.5 Å². The maximum Gasteiger partial charge on any atom is 0.253 e. The molecule has 1 aromatic heterocycles. The number of rotatable bonds is 3. The van der Waals surface area contributed by atoms with Crippen molar-refractivity contribution in [3.63, 3.8) is 0 Å². The Balaban J connectivity index is 1.10. The van der Waals surface area contributed by atoms with Gasteiger partial charge in [0.2, 0.25) is 5.91 Å². The number of hydrogen-bond donors (Lipinski definition) is 1. The SMILES string of the molecule is O=C(CC12CC3CC(CC(C3)C1)C2)N1CCCN(C(=O)c2ccc3nc[nH]c3c2)CC1. The van der Waals surface area contributed by atoms with Gasteiger partial charge >= 0.3 is 0 Å². The van der Waals surface area contributed by atoms with Crippen LogP contribution in [0, 0.1) is 23.2 Å². The molecule has 0 radical (unpaired) electrons. The van der Waals surface area contributed by atoms with Gasteiger partial charge in [-0.05, 0) is 86.3 Å². The molecule has 4 aliphatic carbocycles. The Morgan fingerprint density at radius 3 is 2.39 bits per heavy atom. The van der Waals surface area contributed by atoms with E-state index in [1.54, 1.807) is 6.33 Å². The van der Waals surface area contributed by atoms with E-state index in [2.05, 4.69) is 9.97 Å². The van der Waals surface area contributed by atoms with E-state index < -0.39 is 0 Å². The van der Waals surface area contributed by atoms with Crippen LogP contribution in [0.1, 0.15) is 61.7 Å². The fourth-order valence-electron chi connectivity index (χ4n) is 7.56. The van der Waals surface area contributed by atoms with E-state index in [0.29, 0.717) is 31.1 Å². The summed E-state index contributed by atoms with van der Waals surface area (Å²) in [7, 11) is 0. The van der Waals surface area contributed by atoms with Crippen LogP contribution < -0.4 is 0 Å². The van der Waals surface area contributed by atoms with Crippen molar-refractivity contribution in [1.82, 2.24) is 19.8 Å². The number of amides is 2. The predicted octanol–water partition coefficient (Wildman–Crippen LogP) is 3.84. The van der Waals surface area contributed by atoms with Crippen molar-refractivity contribution in [2.45, 2.75) is 51.4 Å². The highest BCUT2D eigenvalue weighted by atomic mass is 16.2. The lowest BCUT2D eigenvalue weighted by molar-refractivity contribution is -0.139. The van der Waals surface area contributed by atoms with Gasteiger partial charge in [-0.1, -0.05) is 0 Å². The minimum Gasteiger partial charge on any atom is -0.345 e. The third-order valence-corrected chi connectivity index (χ3v) is 8.49. The van der Waals surface area contributed by atoms with Crippen LogP contribution in [-0.4, -0.2) is 57.8 Å². The molecule has 2 heterocycles. The van der Waals surface area contributed by atoms with Crippen molar-refractivity contribution in [3.8, 4) is 0 Å². The van der Waals surface area contributed by atoms with Crippen molar-refractivity contribution in [2.24, 2.45) is 23.2 Å². The number of aromatic nitrogens is 2. The van der Waals surface area contributed by atoms with Crippen molar-refractivity contribution in [3.05, 3.63) is 30.1 Å². The molecule has 0 unspecified atom stereocenters. The molecule has 0 spiro atoms. The number of imidazole rings is 1. The number of carbonyl (C=O) groups excluding carboxylic acids is 2. The highest BCUT2D eigenvalue weighted by Gasteiger charge is 2.51. The summed E-state index contributed by atoms with van der Waals surface area (Å²) in [5.74, 6) is 3.01. The molecule has 7 rings (SSSR count). The van der Waals surface area contributed by atoms with Crippen LogP contribution in [0.25, 0.3) is 11.0 Å². The molecule has 1 aliphatic heterocycles. The fourth-order valence-corrected chi connectivity index (χ4v) is 7.56. The number of nitrogens with zero attached hydrogens (tertiary/aromatic N) is 3. The van der Waals surface area contributed by atoms with Gasteiger partial charge < -0.3 is 14.8 Å². The molecule has 4 saturated carbocycles. The molecule has 1 aromatic carbocycles. The molecule has 0 atom stereocenters. The molecule has 6 heteroatoms. The van der Waals surface area contributed by atoms with Crippen LogP contribution in [0.4, 0.5) is 0 Å². The van der Waals surface area contributed by atoms with E-state index in [4.69, 9.17) is 0 Å². The molecule has 4 bridgehead atoms. The summed E-state index contributed by atoms with van der Waals surface area (Å²) in [6.07, 6.45) is 11.3. The molecular formula is C25H32N4O2. The van der Waals surface area contributed by atoms with Gasteiger partial charge in [-0.3, -0.25) is 9.59 Å². The van der Waals surface area contributed by atoms with E-state index in [9.17, 15) is 9.59 Å². The summed E-state index contributed by atoms with van der Waals surface area (Å²) in [6, 6.07) is 5.62. The number of aromatic amines is 1. The van der Waals surface area contributed by atoms with E-state index in [0.717, 1.165) is 48.2 Å². The number of hydrogen-bond acceptors (Lipinski definition) is 3. The van der Waals surface area contributed by atoms with E-state index in [1.807, 2.05) is 28.0 Å². The molecule has 5 fully saturated rings. The van der Waals surface area contributed by atoms with Gasteiger partial charge in [0.15, 0.2) is 0 Å². The normalized spacial score (nSPS) is 32.5. The average molecular weight is 421 g/mol. The Morgan fingerprint density at radius 1 is 0.968 bits per heavy atom. The summed E-state index contributed by atoms with van der Waals surface area (Å²) < 4.78 is 0. The van der Waals surface area contributed by atoms with Crippen molar-refractivity contribution >= 4 is 22.8 Å². The molecule has 2 aromatic rings. The van der Waals surface area contributed by atoms with Crippen molar-refractivity contribution < 1.29 is 9.59 Å². The molecule has 31 heavy (non-hydrogen) atoms. The van der Waals surface area contributed by atoms with E-state index in [-0.39, 0.29) is 11.3 Å². The van der Waals surface area contributed by atoms with Crippen LogP contribution >= 0.6 is 0 Å². The standard InChI is InChI=1S/C25H32N4O2/c30-23(15-25-12-17-8-18(13-25)10-19(9-17)14-25)28-4-1-5-29(7-6-28)24(31)20-2-3-21-22(11-20)27-16-26-21/h2-3,11,16-19H,1,4-10,12-15H2,(H,26,27). The molecule has 164 valence electrons. The first-order valence-electron chi connectivity index (χ1n) is 12.1. The number of benzene rings is 1. The van der Waals surface area contributed by atoms with Gasteiger partial charge in [0.25, 0.3) is 5.91 Å². The second kappa shape index (κ2) is 7.35. The zero-order valence-electron chi connectivity index (χ0n) is 18.2. The zero-order chi connectivity index (χ0) is 21.0. The third kappa shape index (κ3) is 3.54. The summed E-state index contributed by atoms with van der Waals surface area (Å²) in [4.78, 5) is 37.7. The lowest BCUT2D eigenvalue weighted by atomic mass is 9.49. The van der Waals surface area contributed by atoms with Gasteiger partial charge in [0.05, 0.1) is 17.4 Å². The highest BCUT2D eigenvalue weighted by molar-refractivity contribution is 5.97. The summed E-state index contributed by atoms with van der Waals surface area (Å²) in [5.41, 5.74) is 2.72. The lowest BCUT2D eigenvalue weighted by Gasteiger charge is -2.57. The van der Waals surface area contributed by atoms with Crippen LogP contribution in [0.2, 0.25) is 0 Å². The second-order valence-electron chi connectivity index (χ2n) is 10.8. The predicted molar refractivity (Wildman–Crippen MR) is 118 cm³/mol. The molecule has 5 aliphatic rings. The summed E-state index contributed by atoms with van der Waals surface area (Å²) in [5, 5.41) is 0. The first kappa shape index (κ1) is 19.3. The van der Waals surface area contributed by atoms with Crippen LogP contribution in [-0.2, 0) is 4.79 Å².